The molecular weight excluding hydrogens is 408 g/mol. The van der Waals surface area contributed by atoms with Crippen molar-refractivity contribution in [1.82, 2.24) is 4.31 Å². The smallest absolute Gasteiger partial charge is 0.243 e. The van der Waals surface area contributed by atoms with Crippen molar-refractivity contribution in [1.29, 1.82) is 0 Å². The fourth-order valence-corrected chi connectivity index (χ4v) is 4.91. The van der Waals surface area contributed by atoms with Gasteiger partial charge in [0.25, 0.3) is 0 Å². The van der Waals surface area contributed by atoms with Crippen LogP contribution in [0.15, 0.2) is 83.8 Å². The maximum absolute atomic E-state index is 13.0. The lowest BCUT2D eigenvalue weighted by Crippen LogP contribution is -2.48. The fourth-order valence-electron chi connectivity index (χ4n) is 3.31. The Bertz CT molecular complexity index is 1060. The third-order valence-electron chi connectivity index (χ3n) is 4.89. The zero-order chi connectivity index (χ0) is 20.3. The molecule has 0 bridgehead atoms. The Hall–Kier alpha value is -2.54. The van der Waals surface area contributed by atoms with Crippen molar-refractivity contribution in [3.8, 4) is 11.5 Å². The van der Waals surface area contributed by atoms with E-state index in [2.05, 4.69) is 4.90 Å². The molecule has 0 aromatic heterocycles. The van der Waals surface area contributed by atoms with Crippen LogP contribution < -0.4 is 9.64 Å². The van der Waals surface area contributed by atoms with Gasteiger partial charge in [-0.15, -0.1) is 0 Å². The van der Waals surface area contributed by atoms with Gasteiger partial charge < -0.3 is 9.64 Å². The van der Waals surface area contributed by atoms with Crippen LogP contribution in [0.1, 0.15) is 0 Å². The first-order valence-electron chi connectivity index (χ1n) is 9.37. The SMILES string of the molecule is O=S(=O)(c1ccc(Oc2ccccc2Cl)cc1)N1CCN(c2ccccc2)CC1. The van der Waals surface area contributed by atoms with E-state index >= 15 is 0 Å². The number of anilines is 1. The molecule has 1 fully saturated rings. The number of sulfonamides is 1. The average molecular weight is 429 g/mol. The molecule has 0 spiro atoms. The summed E-state index contributed by atoms with van der Waals surface area (Å²) in [6.07, 6.45) is 0. The van der Waals surface area contributed by atoms with Gasteiger partial charge in [-0.3, -0.25) is 0 Å². The summed E-state index contributed by atoms with van der Waals surface area (Å²) in [5.74, 6) is 1.06. The first-order chi connectivity index (χ1) is 14.0. The van der Waals surface area contributed by atoms with E-state index in [1.54, 1.807) is 36.4 Å². The average Bonchev–Trinajstić information content (AvgIpc) is 2.76. The van der Waals surface area contributed by atoms with Crippen LogP contribution in [0, 0.1) is 0 Å². The van der Waals surface area contributed by atoms with E-state index < -0.39 is 10.0 Å². The second-order valence-electron chi connectivity index (χ2n) is 6.73. The highest BCUT2D eigenvalue weighted by Gasteiger charge is 2.28. The molecule has 0 N–H and O–H groups in total. The largest absolute Gasteiger partial charge is 0.456 e. The zero-order valence-corrected chi connectivity index (χ0v) is 17.3. The minimum absolute atomic E-state index is 0.261. The Balaban J connectivity index is 1.43. The number of hydrogen-bond acceptors (Lipinski definition) is 4. The molecular formula is C22H21ClN2O3S. The molecule has 0 atom stereocenters. The summed E-state index contributed by atoms with van der Waals surface area (Å²) >= 11 is 6.10. The number of hydrogen-bond donors (Lipinski definition) is 0. The van der Waals surface area contributed by atoms with Gasteiger partial charge in [0.2, 0.25) is 10.0 Å². The highest BCUT2D eigenvalue weighted by molar-refractivity contribution is 7.89. The highest BCUT2D eigenvalue weighted by Crippen LogP contribution is 2.30. The van der Waals surface area contributed by atoms with Crippen molar-refractivity contribution in [2.24, 2.45) is 0 Å². The minimum atomic E-state index is -3.54. The van der Waals surface area contributed by atoms with Gasteiger partial charge in [0.1, 0.15) is 11.5 Å². The van der Waals surface area contributed by atoms with Gasteiger partial charge >= 0.3 is 0 Å². The molecule has 1 saturated heterocycles. The van der Waals surface area contributed by atoms with E-state index in [1.165, 1.54) is 4.31 Å². The third-order valence-corrected chi connectivity index (χ3v) is 7.11. The molecule has 3 aromatic carbocycles. The number of rotatable bonds is 5. The molecule has 150 valence electrons. The van der Waals surface area contributed by atoms with Crippen LogP contribution in [0.2, 0.25) is 5.02 Å². The predicted molar refractivity (Wildman–Crippen MR) is 115 cm³/mol. The Morgan fingerprint density at radius 1 is 0.759 bits per heavy atom. The molecule has 5 nitrogen and oxygen atoms in total. The second kappa shape index (κ2) is 8.45. The molecule has 0 aliphatic carbocycles. The van der Waals surface area contributed by atoms with E-state index in [9.17, 15) is 8.42 Å². The molecule has 4 rings (SSSR count). The van der Waals surface area contributed by atoms with E-state index in [-0.39, 0.29) is 4.90 Å². The number of benzene rings is 3. The molecule has 0 amide bonds. The fraction of sp³-hybridized carbons (Fsp3) is 0.182. The third kappa shape index (κ3) is 4.40. The van der Waals surface area contributed by atoms with Gasteiger partial charge in [-0.25, -0.2) is 8.42 Å². The maximum atomic E-state index is 13.0. The lowest BCUT2D eigenvalue weighted by molar-refractivity contribution is 0.385. The zero-order valence-electron chi connectivity index (χ0n) is 15.7. The summed E-state index contributed by atoms with van der Waals surface area (Å²) < 4.78 is 33.3. The van der Waals surface area contributed by atoms with Crippen molar-refractivity contribution in [3.05, 3.63) is 83.9 Å². The van der Waals surface area contributed by atoms with E-state index in [4.69, 9.17) is 16.3 Å². The molecule has 1 aliphatic heterocycles. The maximum Gasteiger partial charge on any atom is 0.243 e. The standard InChI is InChI=1S/C22H21ClN2O3S/c23-21-8-4-5-9-22(21)28-19-10-12-20(13-11-19)29(26,27)25-16-14-24(15-17-25)18-6-2-1-3-7-18/h1-13H,14-17H2. The second-order valence-corrected chi connectivity index (χ2v) is 9.08. The van der Waals surface area contributed by atoms with Crippen molar-refractivity contribution < 1.29 is 13.2 Å². The van der Waals surface area contributed by atoms with Gasteiger partial charge in [0.05, 0.1) is 9.92 Å². The highest BCUT2D eigenvalue weighted by atomic mass is 35.5. The summed E-state index contributed by atoms with van der Waals surface area (Å²) in [7, 11) is -3.54. The van der Waals surface area contributed by atoms with Crippen LogP contribution in [0.4, 0.5) is 5.69 Å². The summed E-state index contributed by atoms with van der Waals surface area (Å²) in [4.78, 5) is 2.46. The van der Waals surface area contributed by atoms with Crippen LogP contribution in [0.3, 0.4) is 0 Å². The topological polar surface area (TPSA) is 49.9 Å². The first kappa shape index (κ1) is 19.8. The number of nitrogens with zero attached hydrogens (tertiary/aromatic N) is 2. The van der Waals surface area contributed by atoms with Gasteiger partial charge in [-0.05, 0) is 48.5 Å². The molecule has 0 radical (unpaired) electrons. The molecule has 1 heterocycles. The number of ether oxygens (including phenoxy) is 1. The molecule has 0 unspecified atom stereocenters. The number of piperazine rings is 1. The first-order valence-corrected chi connectivity index (χ1v) is 11.2. The van der Waals surface area contributed by atoms with Crippen LogP contribution in [-0.2, 0) is 10.0 Å². The molecule has 0 saturated carbocycles. The lowest BCUT2D eigenvalue weighted by Gasteiger charge is -2.35. The molecule has 1 aliphatic rings. The normalized spacial score (nSPS) is 15.3. The Labute approximate surface area is 176 Å². The van der Waals surface area contributed by atoms with Gasteiger partial charge in [-0.1, -0.05) is 41.9 Å². The van der Waals surface area contributed by atoms with E-state index in [0.29, 0.717) is 42.7 Å². The Morgan fingerprint density at radius 3 is 2.03 bits per heavy atom. The quantitative estimate of drug-likeness (QED) is 0.593. The van der Waals surface area contributed by atoms with Crippen molar-refractivity contribution in [2.45, 2.75) is 4.90 Å². The number of para-hydroxylation sites is 2. The summed E-state index contributed by atoms with van der Waals surface area (Å²) in [5, 5.41) is 0.500. The van der Waals surface area contributed by atoms with Gasteiger partial charge in [0, 0.05) is 31.9 Å². The Morgan fingerprint density at radius 2 is 1.38 bits per heavy atom. The van der Waals surface area contributed by atoms with Crippen LogP contribution in [0.5, 0.6) is 11.5 Å². The van der Waals surface area contributed by atoms with Gasteiger partial charge in [-0.2, -0.15) is 4.31 Å². The monoisotopic (exact) mass is 428 g/mol. The van der Waals surface area contributed by atoms with Gasteiger partial charge in [0.15, 0.2) is 0 Å². The van der Waals surface area contributed by atoms with E-state index in [0.717, 1.165) is 5.69 Å². The summed E-state index contributed by atoms with van der Waals surface area (Å²) in [6.45, 7) is 2.23. The van der Waals surface area contributed by atoms with Crippen LogP contribution in [-0.4, -0.2) is 38.9 Å². The molecule has 29 heavy (non-hydrogen) atoms. The van der Waals surface area contributed by atoms with Crippen LogP contribution >= 0.6 is 11.6 Å². The minimum Gasteiger partial charge on any atom is -0.456 e. The summed E-state index contributed by atoms with van der Waals surface area (Å²) in [6, 6.07) is 23.6. The molecule has 7 heteroatoms. The Kier molecular flexibility index (Phi) is 5.76. The van der Waals surface area contributed by atoms with Crippen molar-refractivity contribution >= 4 is 27.3 Å². The van der Waals surface area contributed by atoms with Crippen molar-refractivity contribution in [3.63, 3.8) is 0 Å². The predicted octanol–water partition coefficient (Wildman–Crippen LogP) is 4.64. The summed E-state index contributed by atoms with van der Waals surface area (Å²) in [5.41, 5.74) is 1.12. The van der Waals surface area contributed by atoms with Crippen LogP contribution in [0.25, 0.3) is 0 Å². The number of halogens is 1. The molecule has 3 aromatic rings. The van der Waals surface area contributed by atoms with E-state index in [1.807, 2.05) is 42.5 Å². The lowest BCUT2D eigenvalue weighted by atomic mass is 10.2. The van der Waals surface area contributed by atoms with Crippen molar-refractivity contribution in [2.75, 3.05) is 31.1 Å².